The van der Waals surface area contributed by atoms with E-state index in [9.17, 15) is 9.59 Å². The summed E-state index contributed by atoms with van der Waals surface area (Å²) in [5.41, 5.74) is 2.42. The van der Waals surface area contributed by atoms with Gasteiger partial charge in [0.2, 0.25) is 5.91 Å². The Morgan fingerprint density at radius 1 is 1.08 bits per heavy atom. The summed E-state index contributed by atoms with van der Waals surface area (Å²) in [6, 6.07) is 12.5. The van der Waals surface area contributed by atoms with Crippen molar-refractivity contribution in [3.8, 4) is 11.5 Å². The molecule has 1 aliphatic rings. The number of anilines is 1. The van der Waals surface area contributed by atoms with Gasteiger partial charge in [-0.05, 0) is 31.2 Å². The Hall–Kier alpha value is -3.02. The van der Waals surface area contributed by atoms with Crippen LogP contribution in [0.2, 0.25) is 0 Å². The van der Waals surface area contributed by atoms with Crippen LogP contribution in [0.3, 0.4) is 0 Å². The van der Waals surface area contributed by atoms with E-state index in [-0.39, 0.29) is 24.3 Å². The molecule has 0 unspecified atom stereocenters. The minimum Gasteiger partial charge on any atom is -0.497 e. The van der Waals surface area contributed by atoms with Gasteiger partial charge >= 0.3 is 0 Å². The second-order valence-corrected chi connectivity index (χ2v) is 6.32. The average molecular weight is 354 g/mol. The molecule has 3 rings (SSSR count). The summed E-state index contributed by atoms with van der Waals surface area (Å²) in [5.74, 6) is 0.824. The first-order chi connectivity index (χ1) is 12.5. The van der Waals surface area contributed by atoms with E-state index in [0.29, 0.717) is 23.6 Å². The standard InChI is InChI=1S/C20H22N2O4/c1-13-4-6-16(7-5-13)22-12-15(10-19(22)23)21-20(24)14-8-17(25-2)11-18(9-14)26-3/h4-9,11,15H,10,12H2,1-3H3,(H,21,24)/t15-/m1/s1. The minimum atomic E-state index is -0.259. The molecular formula is C20H22N2O4. The summed E-state index contributed by atoms with van der Waals surface area (Å²) in [4.78, 5) is 26.6. The van der Waals surface area contributed by atoms with Gasteiger partial charge in [0.15, 0.2) is 0 Å². The van der Waals surface area contributed by atoms with E-state index >= 15 is 0 Å². The lowest BCUT2D eigenvalue weighted by Gasteiger charge is -2.17. The highest BCUT2D eigenvalue weighted by Gasteiger charge is 2.31. The van der Waals surface area contributed by atoms with Crippen LogP contribution in [-0.2, 0) is 4.79 Å². The Balaban J connectivity index is 1.71. The maximum Gasteiger partial charge on any atom is 0.251 e. The summed E-state index contributed by atoms with van der Waals surface area (Å²) in [5, 5.41) is 2.93. The van der Waals surface area contributed by atoms with Crippen LogP contribution in [-0.4, -0.2) is 38.6 Å². The van der Waals surface area contributed by atoms with Gasteiger partial charge in [0.25, 0.3) is 5.91 Å². The first kappa shape index (κ1) is 17.8. The monoisotopic (exact) mass is 354 g/mol. The van der Waals surface area contributed by atoms with Crippen molar-refractivity contribution in [1.82, 2.24) is 5.32 Å². The molecule has 2 aromatic rings. The van der Waals surface area contributed by atoms with Crippen LogP contribution in [0.1, 0.15) is 22.3 Å². The van der Waals surface area contributed by atoms with Crippen molar-refractivity contribution in [2.45, 2.75) is 19.4 Å². The molecule has 26 heavy (non-hydrogen) atoms. The predicted molar refractivity (Wildman–Crippen MR) is 98.9 cm³/mol. The van der Waals surface area contributed by atoms with Crippen molar-refractivity contribution in [2.75, 3.05) is 25.7 Å². The summed E-state index contributed by atoms with van der Waals surface area (Å²) in [7, 11) is 3.07. The lowest BCUT2D eigenvalue weighted by Crippen LogP contribution is -2.37. The molecule has 136 valence electrons. The van der Waals surface area contributed by atoms with E-state index in [1.54, 1.807) is 23.1 Å². The lowest BCUT2D eigenvalue weighted by atomic mass is 10.1. The van der Waals surface area contributed by atoms with Crippen LogP contribution >= 0.6 is 0 Å². The quantitative estimate of drug-likeness (QED) is 0.896. The molecule has 1 atom stereocenters. The number of hydrogen-bond donors (Lipinski definition) is 1. The number of nitrogens with zero attached hydrogens (tertiary/aromatic N) is 1. The second-order valence-electron chi connectivity index (χ2n) is 6.32. The molecule has 2 amide bonds. The summed E-state index contributed by atoms with van der Waals surface area (Å²) >= 11 is 0. The highest BCUT2D eigenvalue weighted by atomic mass is 16.5. The molecular weight excluding hydrogens is 332 g/mol. The zero-order chi connectivity index (χ0) is 18.7. The molecule has 1 aliphatic heterocycles. The first-order valence-electron chi connectivity index (χ1n) is 8.41. The Kier molecular flexibility index (Phi) is 5.11. The van der Waals surface area contributed by atoms with Crippen LogP contribution in [0.25, 0.3) is 0 Å². The molecule has 1 N–H and O–H groups in total. The van der Waals surface area contributed by atoms with Gasteiger partial charge in [0, 0.05) is 30.3 Å². The van der Waals surface area contributed by atoms with E-state index in [1.807, 2.05) is 31.2 Å². The van der Waals surface area contributed by atoms with Gasteiger partial charge in [0.05, 0.1) is 20.3 Å². The molecule has 6 nitrogen and oxygen atoms in total. The molecule has 1 saturated heterocycles. The van der Waals surface area contributed by atoms with Crippen LogP contribution in [0.4, 0.5) is 5.69 Å². The van der Waals surface area contributed by atoms with E-state index in [1.165, 1.54) is 14.2 Å². The second kappa shape index (κ2) is 7.47. The predicted octanol–water partition coefficient (Wildman–Crippen LogP) is 2.55. The highest BCUT2D eigenvalue weighted by Crippen LogP contribution is 2.24. The number of benzene rings is 2. The zero-order valence-corrected chi connectivity index (χ0v) is 15.1. The third-order valence-corrected chi connectivity index (χ3v) is 4.42. The molecule has 1 heterocycles. The molecule has 0 bridgehead atoms. The minimum absolute atomic E-state index is 0.00220. The summed E-state index contributed by atoms with van der Waals surface area (Å²) < 4.78 is 10.4. The highest BCUT2D eigenvalue weighted by molar-refractivity contribution is 5.99. The van der Waals surface area contributed by atoms with Gasteiger partial charge in [-0.25, -0.2) is 0 Å². The van der Waals surface area contributed by atoms with Crippen LogP contribution in [0.15, 0.2) is 42.5 Å². The SMILES string of the molecule is COc1cc(OC)cc(C(=O)N[C@@H]2CC(=O)N(c3ccc(C)cc3)C2)c1. The normalized spacial score (nSPS) is 16.5. The smallest absolute Gasteiger partial charge is 0.251 e. The number of amides is 2. The van der Waals surface area contributed by atoms with E-state index in [2.05, 4.69) is 5.32 Å². The molecule has 0 spiro atoms. The van der Waals surface area contributed by atoms with Crippen LogP contribution in [0, 0.1) is 6.92 Å². The number of carbonyl (C=O) groups is 2. The fourth-order valence-corrected chi connectivity index (χ4v) is 2.99. The van der Waals surface area contributed by atoms with E-state index in [0.717, 1.165) is 11.3 Å². The van der Waals surface area contributed by atoms with Gasteiger partial charge < -0.3 is 19.7 Å². The molecule has 1 fully saturated rings. The third kappa shape index (κ3) is 3.79. The van der Waals surface area contributed by atoms with Gasteiger partial charge in [-0.1, -0.05) is 17.7 Å². The maximum absolute atomic E-state index is 12.6. The van der Waals surface area contributed by atoms with Crippen LogP contribution < -0.4 is 19.7 Å². The van der Waals surface area contributed by atoms with Gasteiger partial charge in [-0.2, -0.15) is 0 Å². The first-order valence-corrected chi connectivity index (χ1v) is 8.41. The summed E-state index contributed by atoms with van der Waals surface area (Å²) in [6.07, 6.45) is 0.278. The fourth-order valence-electron chi connectivity index (χ4n) is 2.99. The topological polar surface area (TPSA) is 67.9 Å². The van der Waals surface area contributed by atoms with Gasteiger partial charge in [0.1, 0.15) is 11.5 Å². The fraction of sp³-hybridized carbons (Fsp3) is 0.300. The van der Waals surface area contributed by atoms with Crippen molar-refractivity contribution in [3.05, 3.63) is 53.6 Å². The van der Waals surface area contributed by atoms with Gasteiger partial charge in [-0.15, -0.1) is 0 Å². The number of carbonyl (C=O) groups excluding carboxylic acids is 2. The number of rotatable bonds is 5. The Morgan fingerprint density at radius 3 is 2.27 bits per heavy atom. The largest absolute Gasteiger partial charge is 0.497 e. The van der Waals surface area contributed by atoms with Crippen molar-refractivity contribution in [2.24, 2.45) is 0 Å². The zero-order valence-electron chi connectivity index (χ0n) is 15.1. The Morgan fingerprint density at radius 2 is 1.69 bits per heavy atom. The molecule has 2 aromatic carbocycles. The van der Waals surface area contributed by atoms with Crippen molar-refractivity contribution in [1.29, 1.82) is 0 Å². The molecule has 0 aromatic heterocycles. The number of methoxy groups -OCH3 is 2. The molecule has 6 heteroatoms. The van der Waals surface area contributed by atoms with Gasteiger partial charge in [-0.3, -0.25) is 9.59 Å². The third-order valence-electron chi connectivity index (χ3n) is 4.42. The van der Waals surface area contributed by atoms with E-state index in [4.69, 9.17) is 9.47 Å². The maximum atomic E-state index is 12.6. The number of aryl methyl sites for hydroxylation is 1. The Bertz CT molecular complexity index is 795. The van der Waals surface area contributed by atoms with Crippen molar-refractivity contribution < 1.29 is 19.1 Å². The van der Waals surface area contributed by atoms with Crippen molar-refractivity contribution in [3.63, 3.8) is 0 Å². The average Bonchev–Trinajstić information content (AvgIpc) is 3.01. The lowest BCUT2D eigenvalue weighted by molar-refractivity contribution is -0.117. The summed E-state index contributed by atoms with van der Waals surface area (Å²) in [6.45, 7) is 2.45. The Labute approximate surface area is 152 Å². The number of nitrogens with one attached hydrogen (secondary N) is 1. The van der Waals surface area contributed by atoms with Crippen LogP contribution in [0.5, 0.6) is 11.5 Å². The van der Waals surface area contributed by atoms with Crippen molar-refractivity contribution >= 4 is 17.5 Å². The number of ether oxygens (including phenoxy) is 2. The molecule has 0 radical (unpaired) electrons. The number of hydrogen-bond acceptors (Lipinski definition) is 4. The van der Waals surface area contributed by atoms with E-state index < -0.39 is 0 Å². The molecule has 0 saturated carbocycles. The molecule has 0 aliphatic carbocycles.